The van der Waals surface area contributed by atoms with E-state index in [-0.39, 0.29) is 13.4 Å². The van der Waals surface area contributed by atoms with Gasteiger partial charge in [-0.3, -0.25) is 0 Å². The molecule has 0 radical (unpaired) electrons. The minimum absolute atomic E-state index is 0. The van der Waals surface area contributed by atoms with E-state index in [2.05, 4.69) is 17.9 Å². The predicted molar refractivity (Wildman–Crippen MR) is 79.3 cm³/mol. The molecule has 2 nitrogen and oxygen atoms in total. The van der Waals surface area contributed by atoms with Crippen LogP contribution in [-0.2, 0) is 9.53 Å². The van der Waals surface area contributed by atoms with Gasteiger partial charge in [-0.1, -0.05) is 70.3 Å². The lowest BCUT2D eigenvalue weighted by atomic mass is 10.2. The fourth-order valence-corrected chi connectivity index (χ4v) is 0.965. The molecular formula is C16H24O2. The predicted octanol–water partition coefficient (Wildman–Crippen LogP) is 4.48. The van der Waals surface area contributed by atoms with Gasteiger partial charge in [-0.2, -0.15) is 0 Å². The summed E-state index contributed by atoms with van der Waals surface area (Å²) in [6.45, 7) is 9.45. The second-order valence-corrected chi connectivity index (χ2v) is 3.34. The van der Waals surface area contributed by atoms with Crippen LogP contribution in [0.4, 0.5) is 0 Å². The Labute approximate surface area is 111 Å². The molecule has 0 spiro atoms. The van der Waals surface area contributed by atoms with E-state index < -0.39 is 0 Å². The number of ether oxygens (including phenoxy) is 1. The zero-order chi connectivity index (χ0) is 12.9. The third kappa shape index (κ3) is 10.7. The third-order valence-corrected chi connectivity index (χ3v) is 1.94. The zero-order valence-electron chi connectivity index (χ0n) is 10.4. The maximum Gasteiger partial charge on any atom is 0.330 e. The van der Waals surface area contributed by atoms with E-state index in [9.17, 15) is 4.79 Å². The van der Waals surface area contributed by atoms with Gasteiger partial charge in [-0.05, 0) is 12.0 Å². The van der Waals surface area contributed by atoms with Crippen LogP contribution >= 0.6 is 0 Å². The Kier molecular flexibility index (Phi) is 13.6. The van der Waals surface area contributed by atoms with Gasteiger partial charge in [-0.25, -0.2) is 4.79 Å². The highest BCUT2D eigenvalue weighted by atomic mass is 16.5. The van der Waals surface area contributed by atoms with Gasteiger partial charge in [-0.15, -0.1) is 0 Å². The second kappa shape index (κ2) is 13.2. The lowest BCUT2D eigenvalue weighted by Gasteiger charge is -1.97. The first-order chi connectivity index (χ1) is 8.24. The topological polar surface area (TPSA) is 26.3 Å². The molecule has 0 aromatic heterocycles. The van der Waals surface area contributed by atoms with Crippen LogP contribution in [0.5, 0.6) is 0 Å². The first-order valence-electron chi connectivity index (χ1n) is 5.71. The largest absolute Gasteiger partial charge is 0.463 e. The third-order valence-electron chi connectivity index (χ3n) is 1.94. The molecule has 0 amide bonds. The molecule has 0 fully saturated rings. The molecule has 0 bridgehead atoms. The van der Waals surface area contributed by atoms with Gasteiger partial charge < -0.3 is 4.74 Å². The molecule has 0 aliphatic heterocycles. The lowest BCUT2D eigenvalue weighted by molar-refractivity contribution is -0.137. The Balaban J connectivity index is 0. The van der Waals surface area contributed by atoms with E-state index in [4.69, 9.17) is 0 Å². The molecule has 0 aliphatic carbocycles. The Morgan fingerprint density at radius 1 is 1.28 bits per heavy atom. The van der Waals surface area contributed by atoms with Gasteiger partial charge in [0.1, 0.15) is 0 Å². The number of hydrogen-bond acceptors (Lipinski definition) is 2. The zero-order valence-corrected chi connectivity index (χ0v) is 10.4. The number of unbranched alkanes of at least 4 members (excludes halogenated alkanes) is 1. The summed E-state index contributed by atoms with van der Waals surface area (Å²) >= 11 is 0. The fourth-order valence-electron chi connectivity index (χ4n) is 0.965. The first-order valence-corrected chi connectivity index (χ1v) is 5.71. The molecule has 2 heteroatoms. The molecule has 0 aliphatic rings. The molecule has 0 unspecified atom stereocenters. The number of carbonyl (C=O) groups excluding carboxylic acids is 1. The van der Waals surface area contributed by atoms with Crippen molar-refractivity contribution in [2.24, 2.45) is 0 Å². The fraction of sp³-hybridized carbons (Fsp3) is 0.312. The maximum atomic E-state index is 10.3. The van der Waals surface area contributed by atoms with Gasteiger partial charge >= 0.3 is 5.97 Å². The van der Waals surface area contributed by atoms with Gasteiger partial charge in [0, 0.05) is 6.08 Å². The number of esters is 1. The van der Waals surface area contributed by atoms with Crippen molar-refractivity contribution in [2.45, 2.75) is 27.2 Å². The van der Waals surface area contributed by atoms with Crippen LogP contribution in [0.15, 0.2) is 49.6 Å². The van der Waals surface area contributed by atoms with Crippen LogP contribution in [0.2, 0.25) is 0 Å². The number of carbonyl (C=O) groups is 1. The van der Waals surface area contributed by atoms with Gasteiger partial charge in [0.25, 0.3) is 0 Å². The Hall–Kier alpha value is -1.83. The molecule has 100 valence electrons. The van der Waals surface area contributed by atoms with E-state index in [1.165, 1.54) is 11.6 Å². The Morgan fingerprint density at radius 2 is 1.89 bits per heavy atom. The van der Waals surface area contributed by atoms with Crippen molar-refractivity contribution < 1.29 is 9.53 Å². The van der Waals surface area contributed by atoms with Crippen molar-refractivity contribution >= 4 is 12.0 Å². The van der Waals surface area contributed by atoms with Crippen LogP contribution < -0.4 is 0 Å². The summed E-state index contributed by atoms with van der Waals surface area (Å²) < 4.78 is 4.67. The summed E-state index contributed by atoms with van der Waals surface area (Å²) in [4.78, 5) is 10.3. The molecule has 0 saturated heterocycles. The first kappa shape index (κ1) is 18.5. The quantitative estimate of drug-likeness (QED) is 0.436. The molecule has 1 rings (SSSR count). The highest BCUT2D eigenvalue weighted by Crippen LogP contribution is 1.97. The molecule has 1 aromatic carbocycles. The van der Waals surface area contributed by atoms with E-state index in [0.29, 0.717) is 6.61 Å². The van der Waals surface area contributed by atoms with Crippen LogP contribution in [0, 0.1) is 0 Å². The van der Waals surface area contributed by atoms with Crippen molar-refractivity contribution in [1.82, 2.24) is 0 Å². The average molecular weight is 248 g/mol. The summed E-state index contributed by atoms with van der Waals surface area (Å²) in [6.07, 6.45) is 4.99. The van der Waals surface area contributed by atoms with Crippen LogP contribution in [-0.4, -0.2) is 12.6 Å². The smallest absolute Gasteiger partial charge is 0.330 e. The lowest BCUT2D eigenvalue weighted by Crippen LogP contribution is -2.00. The SMILES string of the molecule is C.C=CC(=O)OCCCC.C=Cc1ccccc1. The summed E-state index contributed by atoms with van der Waals surface area (Å²) in [5.41, 5.74) is 1.17. The molecule has 0 N–H and O–H groups in total. The Bertz CT molecular complexity index is 328. The number of rotatable bonds is 5. The van der Waals surface area contributed by atoms with Crippen LogP contribution in [0.3, 0.4) is 0 Å². The molecule has 0 atom stereocenters. The molecule has 18 heavy (non-hydrogen) atoms. The number of benzene rings is 1. The van der Waals surface area contributed by atoms with E-state index in [1.807, 2.05) is 43.3 Å². The summed E-state index contributed by atoms with van der Waals surface area (Å²) in [5, 5.41) is 0. The summed E-state index contributed by atoms with van der Waals surface area (Å²) in [7, 11) is 0. The molecular weight excluding hydrogens is 224 g/mol. The molecule has 1 aromatic rings. The Morgan fingerprint density at radius 3 is 2.28 bits per heavy atom. The highest BCUT2D eigenvalue weighted by Gasteiger charge is 1.91. The summed E-state index contributed by atoms with van der Waals surface area (Å²) in [6, 6.07) is 10.0. The van der Waals surface area contributed by atoms with Crippen molar-refractivity contribution in [3.63, 3.8) is 0 Å². The van der Waals surface area contributed by atoms with Gasteiger partial charge in [0.15, 0.2) is 0 Å². The van der Waals surface area contributed by atoms with Crippen molar-refractivity contribution in [2.75, 3.05) is 6.61 Å². The van der Waals surface area contributed by atoms with Crippen molar-refractivity contribution in [3.05, 3.63) is 55.1 Å². The van der Waals surface area contributed by atoms with E-state index in [0.717, 1.165) is 12.8 Å². The van der Waals surface area contributed by atoms with E-state index >= 15 is 0 Å². The standard InChI is InChI=1S/C8H8.C7H12O2.CH4/c1-2-8-6-4-3-5-7-8;1-3-5-6-9-7(8)4-2;/h2-7H,1H2;4H,2-3,5-6H2,1H3;1H4. The van der Waals surface area contributed by atoms with Crippen LogP contribution in [0.25, 0.3) is 6.08 Å². The second-order valence-electron chi connectivity index (χ2n) is 3.34. The van der Waals surface area contributed by atoms with Crippen LogP contribution in [0.1, 0.15) is 32.8 Å². The van der Waals surface area contributed by atoms with Gasteiger partial charge in [0.05, 0.1) is 6.61 Å². The van der Waals surface area contributed by atoms with Crippen molar-refractivity contribution in [1.29, 1.82) is 0 Å². The average Bonchev–Trinajstić information content (AvgIpc) is 2.40. The maximum absolute atomic E-state index is 10.3. The van der Waals surface area contributed by atoms with Gasteiger partial charge in [0.2, 0.25) is 0 Å². The van der Waals surface area contributed by atoms with E-state index in [1.54, 1.807) is 0 Å². The van der Waals surface area contributed by atoms with Crippen molar-refractivity contribution in [3.8, 4) is 0 Å². The summed E-state index contributed by atoms with van der Waals surface area (Å²) in [5.74, 6) is -0.330. The molecule has 0 heterocycles. The number of hydrogen-bond donors (Lipinski definition) is 0. The monoisotopic (exact) mass is 248 g/mol. The molecule has 0 saturated carbocycles. The minimum Gasteiger partial charge on any atom is -0.463 e. The highest BCUT2D eigenvalue weighted by molar-refractivity contribution is 5.81. The minimum atomic E-state index is -0.330. The normalized spacial score (nSPS) is 8.06.